The Morgan fingerprint density at radius 1 is 1.06 bits per heavy atom. The first-order valence-electron chi connectivity index (χ1n) is 12.0. The average Bonchev–Trinajstić information content (AvgIpc) is 2.81. The first-order chi connectivity index (χ1) is 16.9. The fraction of sp³-hybridized carbons (Fsp3) is 0.462. The van der Waals surface area contributed by atoms with Gasteiger partial charge in [0.1, 0.15) is 12.6 Å². The number of carbonyl (C=O) groups is 2. The summed E-state index contributed by atoms with van der Waals surface area (Å²) in [5.74, 6) is -0.776. The molecule has 0 saturated carbocycles. The average molecular weight is 557 g/mol. The Morgan fingerprint density at radius 2 is 1.75 bits per heavy atom. The number of nitrogens with one attached hydrogen (secondary N) is 1. The van der Waals surface area contributed by atoms with Gasteiger partial charge in [0, 0.05) is 13.1 Å². The molecule has 0 fully saturated rings. The summed E-state index contributed by atoms with van der Waals surface area (Å²) in [4.78, 5) is 28.2. The van der Waals surface area contributed by atoms with E-state index in [9.17, 15) is 18.0 Å². The van der Waals surface area contributed by atoms with Gasteiger partial charge >= 0.3 is 0 Å². The van der Waals surface area contributed by atoms with E-state index in [1.165, 1.54) is 4.90 Å². The number of aryl methyl sites for hydroxylation is 1. The minimum atomic E-state index is -3.79. The van der Waals surface area contributed by atoms with Gasteiger partial charge in [-0.05, 0) is 61.6 Å². The number of amides is 2. The fourth-order valence-electron chi connectivity index (χ4n) is 3.86. The molecule has 0 bridgehead atoms. The first kappa shape index (κ1) is 29.9. The minimum absolute atomic E-state index is 0.0693. The molecule has 0 aromatic heterocycles. The molecule has 7 nitrogen and oxygen atoms in total. The highest BCUT2D eigenvalue weighted by atomic mass is 35.5. The Balaban J connectivity index is 2.47. The summed E-state index contributed by atoms with van der Waals surface area (Å²) in [6, 6.07) is 9.52. The lowest BCUT2D eigenvalue weighted by Gasteiger charge is -2.33. The molecule has 1 atom stereocenters. The van der Waals surface area contributed by atoms with Crippen molar-refractivity contribution in [1.82, 2.24) is 10.2 Å². The van der Waals surface area contributed by atoms with E-state index >= 15 is 0 Å². The van der Waals surface area contributed by atoms with Crippen molar-refractivity contribution in [2.24, 2.45) is 0 Å². The molecule has 0 heterocycles. The SMILES string of the molecule is CCCCNC(=O)[C@H](CC)N(Cc1ccc(Cl)c(Cl)c1)C(=O)CN(c1cccc(C)c1C)S(C)(=O)=O. The van der Waals surface area contributed by atoms with Gasteiger partial charge in [0.25, 0.3) is 0 Å². The first-order valence-corrected chi connectivity index (χ1v) is 14.6. The monoisotopic (exact) mass is 555 g/mol. The van der Waals surface area contributed by atoms with Crippen LogP contribution in [-0.2, 0) is 26.2 Å². The number of hydrogen-bond donors (Lipinski definition) is 1. The lowest BCUT2D eigenvalue weighted by molar-refractivity contribution is -0.140. The summed E-state index contributed by atoms with van der Waals surface area (Å²) >= 11 is 12.2. The van der Waals surface area contributed by atoms with Crippen LogP contribution in [0.3, 0.4) is 0 Å². The van der Waals surface area contributed by atoms with E-state index in [0.29, 0.717) is 34.3 Å². The molecule has 36 heavy (non-hydrogen) atoms. The molecule has 0 saturated heterocycles. The zero-order valence-electron chi connectivity index (χ0n) is 21.5. The molecule has 2 amide bonds. The van der Waals surface area contributed by atoms with Crippen molar-refractivity contribution >= 4 is 50.7 Å². The molecule has 0 aliphatic rings. The summed E-state index contributed by atoms with van der Waals surface area (Å²) in [6.07, 6.45) is 3.16. The van der Waals surface area contributed by atoms with E-state index in [1.54, 1.807) is 30.3 Å². The Labute approximate surface area is 224 Å². The second-order valence-corrected chi connectivity index (χ2v) is 11.5. The standard InChI is InChI=1S/C26H35Cl2N3O4S/c1-6-8-14-29-26(33)23(7-2)30(16-20-12-13-21(27)22(28)15-20)25(32)17-31(36(5,34)35)24-11-9-10-18(3)19(24)4/h9-13,15,23H,6-8,14,16-17H2,1-5H3,(H,29,33)/t23-/m0/s1. The van der Waals surface area contributed by atoms with Crippen LogP contribution in [0.1, 0.15) is 49.8 Å². The number of hydrogen-bond acceptors (Lipinski definition) is 4. The second-order valence-electron chi connectivity index (χ2n) is 8.83. The topological polar surface area (TPSA) is 86.8 Å². The number of anilines is 1. The predicted octanol–water partition coefficient (Wildman–Crippen LogP) is 5.10. The molecule has 0 spiro atoms. The quantitative estimate of drug-likeness (QED) is 0.369. The number of carbonyl (C=O) groups excluding carboxylic acids is 2. The van der Waals surface area contributed by atoms with Crippen LogP contribution in [-0.4, -0.2) is 50.5 Å². The lowest BCUT2D eigenvalue weighted by atomic mass is 10.1. The Morgan fingerprint density at radius 3 is 2.33 bits per heavy atom. The molecule has 1 N–H and O–H groups in total. The Hall–Kier alpha value is -2.29. The van der Waals surface area contributed by atoms with Crippen LogP contribution in [0.25, 0.3) is 0 Å². The Kier molecular flexibility index (Phi) is 11.1. The van der Waals surface area contributed by atoms with Crippen LogP contribution in [0.4, 0.5) is 5.69 Å². The summed E-state index contributed by atoms with van der Waals surface area (Å²) in [5, 5.41) is 3.60. The van der Waals surface area contributed by atoms with E-state index in [4.69, 9.17) is 23.2 Å². The third-order valence-corrected chi connectivity index (χ3v) is 7.94. The highest BCUT2D eigenvalue weighted by molar-refractivity contribution is 7.92. The molecular formula is C26H35Cl2N3O4S. The largest absolute Gasteiger partial charge is 0.354 e. The van der Waals surface area contributed by atoms with Crippen molar-refractivity contribution in [2.45, 2.75) is 59.5 Å². The van der Waals surface area contributed by atoms with Crippen molar-refractivity contribution in [3.63, 3.8) is 0 Å². The number of benzene rings is 2. The van der Waals surface area contributed by atoms with E-state index in [1.807, 2.05) is 33.8 Å². The normalized spacial score (nSPS) is 12.2. The third-order valence-electron chi connectivity index (χ3n) is 6.08. The molecular weight excluding hydrogens is 521 g/mol. The molecule has 0 aliphatic heterocycles. The van der Waals surface area contributed by atoms with Crippen molar-refractivity contribution in [3.05, 3.63) is 63.1 Å². The fourth-order valence-corrected chi connectivity index (χ4v) is 5.08. The van der Waals surface area contributed by atoms with Crippen LogP contribution in [0.2, 0.25) is 10.0 Å². The van der Waals surface area contributed by atoms with Gasteiger partial charge < -0.3 is 10.2 Å². The zero-order chi connectivity index (χ0) is 27.0. The summed E-state index contributed by atoms with van der Waals surface area (Å²) in [6.45, 7) is 7.67. The van der Waals surface area contributed by atoms with E-state index in [0.717, 1.165) is 34.5 Å². The van der Waals surface area contributed by atoms with Crippen molar-refractivity contribution in [2.75, 3.05) is 23.7 Å². The lowest BCUT2D eigenvalue weighted by Crippen LogP contribution is -2.52. The van der Waals surface area contributed by atoms with Crippen LogP contribution in [0.15, 0.2) is 36.4 Å². The van der Waals surface area contributed by atoms with E-state index in [-0.39, 0.29) is 12.5 Å². The van der Waals surface area contributed by atoms with E-state index < -0.39 is 28.5 Å². The molecule has 0 unspecified atom stereocenters. The van der Waals surface area contributed by atoms with Crippen molar-refractivity contribution in [3.8, 4) is 0 Å². The molecule has 2 aromatic carbocycles. The summed E-state index contributed by atoms with van der Waals surface area (Å²) in [5.41, 5.74) is 2.77. The van der Waals surface area contributed by atoms with Gasteiger partial charge in [0.05, 0.1) is 22.0 Å². The van der Waals surface area contributed by atoms with Gasteiger partial charge in [-0.1, -0.05) is 61.7 Å². The molecule has 0 aliphatic carbocycles. The van der Waals surface area contributed by atoms with Crippen molar-refractivity contribution < 1.29 is 18.0 Å². The van der Waals surface area contributed by atoms with Crippen molar-refractivity contribution in [1.29, 1.82) is 0 Å². The highest BCUT2D eigenvalue weighted by Gasteiger charge is 2.32. The summed E-state index contributed by atoms with van der Waals surface area (Å²) < 4.78 is 26.7. The number of unbranched alkanes of at least 4 members (excludes halogenated alkanes) is 1. The predicted molar refractivity (Wildman–Crippen MR) is 147 cm³/mol. The molecule has 2 rings (SSSR count). The second kappa shape index (κ2) is 13.3. The van der Waals surface area contributed by atoms with Gasteiger partial charge in [-0.25, -0.2) is 8.42 Å². The number of halogens is 2. The van der Waals surface area contributed by atoms with Gasteiger partial charge in [-0.2, -0.15) is 0 Å². The maximum Gasteiger partial charge on any atom is 0.244 e. The van der Waals surface area contributed by atoms with Gasteiger partial charge in [0.15, 0.2) is 0 Å². The summed E-state index contributed by atoms with van der Waals surface area (Å²) in [7, 11) is -3.79. The maximum atomic E-state index is 13.7. The van der Waals surface area contributed by atoms with Crippen LogP contribution >= 0.6 is 23.2 Å². The zero-order valence-corrected chi connectivity index (χ0v) is 23.8. The highest BCUT2D eigenvalue weighted by Crippen LogP contribution is 2.27. The third kappa shape index (κ3) is 7.85. The molecule has 0 radical (unpaired) electrons. The van der Waals surface area contributed by atoms with E-state index in [2.05, 4.69) is 5.32 Å². The smallest absolute Gasteiger partial charge is 0.244 e. The van der Waals surface area contributed by atoms with Crippen LogP contribution in [0, 0.1) is 13.8 Å². The van der Waals surface area contributed by atoms with Gasteiger partial charge in [-0.15, -0.1) is 0 Å². The van der Waals surface area contributed by atoms with Gasteiger partial charge in [0.2, 0.25) is 21.8 Å². The molecule has 198 valence electrons. The molecule has 2 aromatic rings. The number of sulfonamides is 1. The minimum Gasteiger partial charge on any atom is -0.354 e. The Bertz CT molecular complexity index is 1190. The van der Waals surface area contributed by atoms with Gasteiger partial charge in [-0.3, -0.25) is 13.9 Å². The molecule has 10 heteroatoms. The number of rotatable bonds is 12. The van der Waals surface area contributed by atoms with Crippen LogP contribution in [0.5, 0.6) is 0 Å². The van der Waals surface area contributed by atoms with Crippen LogP contribution < -0.4 is 9.62 Å². The maximum absolute atomic E-state index is 13.7. The number of nitrogens with zero attached hydrogens (tertiary/aromatic N) is 2.